The average molecular weight is 310 g/mol. The Bertz CT molecular complexity index is 377. The minimum Gasteiger partial charge on any atom is -0.497 e. The summed E-state index contributed by atoms with van der Waals surface area (Å²) in [7, 11) is 1.71. The summed E-state index contributed by atoms with van der Waals surface area (Å²) in [5, 5.41) is 4.27. The highest BCUT2D eigenvalue weighted by molar-refractivity contribution is 7.99. The summed E-state index contributed by atoms with van der Waals surface area (Å²) in [6.07, 6.45) is 2.45. The number of benzene rings is 1. The van der Waals surface area contributed by atoms with Crippen molar-refractivity contribution in [3.05, 3.63) is 29.8 Å². The Morgan fingerprint density at radius 3 is 2.33 bits per heavy atom. The van der Waals surface area contributed by atoms with Gasteiger partial charge in [-0.3, -0.25) is 0 Å². The van der Waals surface area contributed by atoms with Crippen LogP contribution in [0.2, 0.25) is 0 Å². The van der Waals surface area contributed by atoms with Crippen LogP contribution in [0.1, 0.15) is 52.1 Å². The van der Waals surface area contributed by atoms with Crippen molar-refractivity contribution in [3.63, 3.8) is 0 Å². The predicted octanol–water partition coefficient (Wildman–Crippen LogP) is 4.90. The minimum atomic E-state index is 0.410. The van der Waals surface area contributed by atoms with Crippen LogP contribution in [0.3, 0.4) is 0 Å². The molecule has 0 heterocycles. The zero-order valence-electron chi connectivity index (χ0n) is 14.2. The largest absolute Gasteiger partial charge is 0.497 e. The number of ether oxygens (including phenoxy) is 1. The van der Waals surface area contributed by atoms with E-state index in [-0.39, 0.29) is 0 Å². The van der Waals surface area contributed by atoms with E-state index in [0.717, 1.165) is 24.6 Å². The lowest BCUT2D eigenvalue weighted by Gasteiger charge is -2.26. The molecule has 0 aliphatic heterocycles. The van der Waals surface area contributed by atoms with Gasteiger partial charge in [-0.05, 0) is 48.8 Å². The molecule has 0 aliphatic carbocycles. The van der Waals surface area contributed by atoms with Gasteiger partial charge in [-0.25, -0.2) is 0 Å². The van der Waals surface area contributed by atoms with E-state index in [0.29, 0.717) is 11.3 Å². The second-order valence-corrected chi connectivity index (χ2v) is 7.45. The normalized spacial score (nSPS) is 14.2. The predicted molar refractivity (Wildman–Crippen MR) is 95.4 cm³/mol. The lowest BCUT2D eigenvalue weighted by atomic mass is 10.0. The van der Waals surface area contributed by atoms with Crippen molar-refractivity contribution in [2.24, 2.45) is 5.92 Å². The van der Waals surface area contributed by atoms with Crippen LogP contribution in [0, 0.1) is 5.92 Å². The van der Waals surface area contributed by atoms with Crippen LogP contribution >= 0.6 is 11.8 Å². The van der Waals surface area contributed by atoms with Crippen LogP contribution in [-0.4, -0.2) is 24.7 Å². The zero-order valence-corrected chi connectivity index (χ0v) is 15.0. The van der Waals surface area contributed by atoms with Crippen molar-refractivity contribution in [3.8, 4) is 5.75 Å². The van der Waals surface area contributed by atoms with Gasteiger partial charge in [0.05, 0.1) is 7.11 Å². The molecule has 0 bridgehead atoms. The summed E-state index contributed by atoms with van der Waals surface area (Å²) in [6, 6.07) is 8.90. The molecule has 1 N–H and O–H groups in total. The first kappa shape index (κ1) is 18.4. The highest BCUT2D eigenvalue weighted by Gasteiger charge is 2.19. The molecule has 0 fully saturated rings. The van der Waals surface area contributed by atoms with Gasteiger partial charge in [0.15, 0.2) is 0 Å². The fourth-order valence-electron chi connectivity index (χ4n) is 2.25. The minimum absolute atomic E-state index is 0.410. The summed E-state index contributed by atoms with van der Waals surface area (Å²) >= 11 is 2.07. The third-order valence-electron chi connectivity index (χ3n) is 3.63. The first-order chi connectivity index (χ1) is 10.1. The number of hydrogen-bond acceptors (Lipinski definition) is 3. The van der Waals surface area contributed by atoms with E-state index < -0.39 is 0 Å². The molecule has 3 heteroatoms. The summed E-state index contributed by atoms with van der Waals surface area (Å²) in [5.74, 6) is 2.94. The molecule has 120 valence electrons. The molecular formula is C18H31NOS. The SMILES string of the molecule is CCCNC(c1ccc(OC)cc1)C(C)SCCC(C)C. The van der Waals surface area contributed by atoms with Gasteiger partial charge in [0.25, 0.3) is 0 Å². The van der Waals surface area contributed by atoms with Crippen molar-refractivity contribution in [1.29, 1.82) is 0 Å². The zero-order chi connectivity index (χ0) is 15.7. The molecule has 0 aliphatic rings. The van der Waals surface area contributed by atoms with E-state index >= 15 is 0 Å². The number of methoxy groups -OCH3 is 1. The van der Waals surface area contributed by atoms with Gasteiger partial charge in [-0.2, -0.15) is 11.8 Å². The van der Waals surface area contributed by atoms with Crippen molar-refractivity contribution < 1.29 is 4.74 Å². The Morgan fingerprint density at radius 2 is 1.81 bits per heavy atom. The van der Waals surface area contributed by atoms with Gasteiger partial charge in [-0.1, -0.05) is 39.8 Å². The van der Waals surface area contributed by atoms with Crippen molar-refractivity contribution >= 4 is 11.8 Å². The molecule has 1 aromatic rings. The van der Waals surface area contributed by atoms with Crippen LogP contribution in [0.15, 0.2) is 24.3 Å². The molecule has 21 heavy (non-hydrogen) atoms. The van der Waals surface area contributed by atoms with Crippen LogP contribution in [0.5, 0.6) is 5.75 Å². The van der Waals surface area contributed by atoms with Gasteiger partial charge >= 0.3 is 0 Å². The maximum Gasteiger partial charge on any atom is 0.118 e. The van der Waals surface area contributed by atoms with Gasteiger partial charge < -0.3 is 10.1 Å². The van der Waals surface area contributed by atoms with Crippen molar-refractivity contribution in [1.82, 2.24) is 5.32 Å². The Labute approximate surface area is 135 Å². The summed E-state index contributed by atoms with van der Waals surface area (Å²) < 4.78 is 5.26. The molecule has 1 rings (SSSR count). The van der Waals surface area contributed by atoms with Gasteiger partial charge in [0, 0.05) is 11.3 Å². The summed E-state index contributed by atoms with van der Waals surface area (Å²) in [5.41, 5.74) is 1.36. The Kier molecular flexibility index (Phi) is 8.86. The number of rotatable bonds is 10. The molecule has 1 aromatic carbocycles. The Hall–Kier alpha value is -0.670. The molecule has 0 radical (unpaired) electrons. The van der Waals surface area contributed by atoms with Crippen molar-refractivity contribution in [2.75, 3.05) is 19.4 Å². The molecule has 2 nitrogen and oxygen atoms in total. The van der Waals surface area contributed by atoms with Crippen LogP contribution in [0.4, 0.5) is 0 Å². The molecule has 0 saturated carbocycles. The monoisotopic (exact) mass is 309 g/mol. The van der Waals surface area contributed by atoms with Crippen LogP contribution < -0.4 is 10.1 Å². The Balaban J connectivity index is 2.68. The van der Waals surface area contributed by atoms with Gasteiger partial charge in [0.2, 0.25) is 0 Å². The summed E-state index contributed by atoms with van der Waals surface area (Å²) in [4.78, 5) is 0. The first-order valence-corrected chi connectivity index (χ1v) is 9.12. The number of thioether (sulfide) groups is 1. The van der Waals surface area contributed by atoms with E-state index in [1.54, 1.807) is 7.11 Å². The van der Waals surface area contributed by atoms with E-state index in [9.17, 15) is 0 Å². The highest BCUT2D eigenvalue weighted by atomic mass is 32.2. The van der Waals surface area contributed by atoms with E-state index in [4.69, 9.17) is 4.74 Å². The second-order valence-electron chi connectivity index (χ2n) is 5.96. The third-order valence-corrected chi connectivity index (χ3v) is 4.90. The fourth-order valence-corrected chi connectivity index (χ4v) is 3.68. The molecule has 2 unspecified atom stereocenters. The standard InChI is InChI=1S/C18H31NOS/c1-6-12-19-18(15(4)21-13-11-14(2)3)16-7-9-17(20-5)10-8-16/h7-10,14-15,18-19H,6,11-13H2,1-5H3. The van der Waals surface area contributed by atoms with Crippen molar-refractivity contribution in [2.45, 2.75) is 51.8 Å². The lowest BCUT2D eigenvalue weighted by Crippen LogP contribution is -2.29. The highest BCUT2D eigenvalue weighted by Crippen LogP contribution is 2.28. The van der Waals surface area contributed by atoms with Crippen LogP contribution in [0.25, 0.3) is 0 Å². The topological polar surface area (TPSA) is 21.3 Å². The summed E-state index contributed by atoms with van der Waals surface area (Å²) in [6.45, 7) is 10.2. The molecule has 0 saturated heterocycles. The molecule has 2 atom stereocenters. The maximum atomic E-state index is 5.26. The maximum absolute atomic E-state index is 5.26. The molecule has 0 aromatic heterocycles. The van der Waals surface area contributed by atoms with E-state index in [2.05, 4.69) is 69.0 Å². The average Bonchev–Trinajstić information content (AvgIpc) is 2.48. The quantitative estimate of drug-likeness (QED) is 0.664. The third kappa shape index (κ3) is 6.75. The molecular weight excluding hydrogens is 278 g/mol. The first-order valence-electron chi connectivity index (χ1n) is 8.07. The molecule has 0 amide bonds. The van der Waals surface area contributed by atoms with E-state index in [1.807, 2.05) is 0 Å². The van der Waals surface area contributed by atoms with Crippen LogP contribution in [-0.2, 0) is 0 Å². The van der Waals surface area contributed by atoms with Gasteiger partial charge in [-0.15, -0.1) is 0 Å². The van der Waals surface area contributed by atoms with Gasteiger partial charge in [0.1, 0.15) is 5.75 Å². The Morgan fingerprint density at radius 1 is 1.14 bits per heavy atom. The smallest absolute Gasteiger partial charge is 0.118 e. The number of hydrogen-bond donors (Lipinski definition) is 1. The second kappa shape index (κ2) is 10.1. The fraction of sp³-hybridized carbons (Fsp3) is 0.667. The lowest BCUT2D eigenvalue weighted by molar-refractivity contribution is 0.414. The van der Waals surface area contributed by atoms with E-state index in [1.165, 1.54) is 17.7 Å². The molecule has 0 spiro atoms. The number of nitrogens with one attached hydrogen (secondary N) is 1.